The van der Waals surface area contributed by atoms with Crippen LogP contribution in [0.25, 0.3) is 0 Å². The van der Waals surface area contributed by atoms with E-state index in [4.69, 9.17) is 9.73 Å². The fourth-order valence-electron chi connectivity index (χ4n) is 2.87. The molecule has 1 aromatic rings. The number of halogens is 1. The Morgan fingerprint density at radius 3 is 2.50 bits per heavy atom. The van der Waals surface area contributed by atoms with Gasteiger partial charge in [0, 0.05) is 26.2 Å². The van der Waals surface area contributed by atoms with E-state index < -0.39 is 0 Å². The Morgan fingerprint density at radius 1 is 1.21 bits per heavy atom. The van der Waals surface area contributed by atoms with Crippen LogP contribution < -0.4 is 5.32 Å². The number of benzene rings is 1. The standard InChI is InChI=1S/C19H31N3O.HI/c1-4-20-19(22-12-10-16(3)11-13-22)21-14-17-8-6-7-9-18(17)15-23-5-2;/h6-9,16H,4-5,10-15H2,1-3H3,(H,20,21);1H. The van der Waals surface area contributed by atoms with Crippen molar-refractivity contribution >= 4 is 29.9 Å². The molecule has 1 aromatic carbocycles. The van der Waals surface area contributed by atoms with Gasteiger partial charge in [-0.2, -0.15) is 0 Å². The highest BCUT2D eigenvalue weighted by molar-refractivity contribution is 14.0. The molecule has 24 heavy (non-hydrogen) atoms. The Hall–Kier alpha value is -0.820. The van der Waals surface area contributed by atoms with E-state index in [1.807, 2.05) is 6.92 Å². The molecule has 0 spiro atoms. The van der Waals surface area contributed by atoms with Crippen LogP contribution in [0.1, 0.15) is 44.7 Å². The molecule has 0 bridgehead atoms. The third-order valence-electron chi connectivity index (χ3n) is 4.40. The van der Waals surface area contributed by atoms with E-state index in [1.165, 1.54) is 24.0 Å². The van der Waals surface area contributed by atoms with Crippen LogP contribution in [-0.4, -0.2) is 37.1 Å². The number of likely N-dealkylation sites (tertiary alicyclic amines) is 1. The summed E-state index contributed by atoms with van der Waals surface area (Å²) in [6.45, 7) is 11.7. The van der Waals surface area contributed by atoms with Crippen LogP contribution in [0.2, 0.25) is 0 Å². The van der Waals surface area contributed by atoms with E-state index in [9.17, 15) is 0 Å². The smallest absolute Gasteiger partial charge is 0.194 e. The third-order valence-corrected chi connectivity index (χ3v) is 4.40. The first kappa shape index (κ1) is 21.2. The number of guanidine groups is 1. The maximum atomic E-state index is 5.57. The quantitative estimate of drug-likeness (QED) is 0.408. The van der Waals surface area contributed by atoms with Crippen LogP contribution in [0.5, 0.6) is 0 Å². The number of hydrogen-bond donors (Lipinski definition) is 1. The molecule has 0 saturated carbocycles. The summed E-state index contributed by atoms with van der Waals surface area (Å²) in [5, 5.41) is 3.44. The van der Waals surface area contributed by atoms with Crippen molar-refractivity contribution in [1.29, 1.82) is 0 Å². The van der Waals surface area contributed by atoms with Crippen molar-refractivity contribution in [3.05, 3.63) is 35.4 Å². The van der Waals surface area contributed by atoms with Crippen molar-refractivity contribution < 1.29 is 4.74 Å². The van der Waals surface area contributed by atoms with Crippen molar-refractivity contribution in [2.45, 2.75) is 46.8 Å². The molecule has 1 fully saturated rings. The summed E-state index contributed by atoms with van der Waals surface area (Å²) in [6.07, 6.45) is 2.51. The van der Waals surface area contributed by atoms with Gasteiger partial charge in [-0.15, -0.1) is 24.0 Å². The highest BCUT2D eigenvalue weighted by Gasteiger charge is 2.18. The second kappa shape index (κ2) is 11.7. The van der Waals surface area contributed by atoms with Crippen LogP contribution >= 0.6 is 24.0 Å². The van der Waals surface area contributed by atoms with Crippen molar-refractivity contribution in [3.8, 4) is 0 Å². The van der Waals surface area contributed by atoms with Crippen molar-refractivity contribution in [2.75, 3.05) is 26.2 Å². The van der Waals surface area contributed by atoms with Gasteiger partial charge in [-0.25, -0.2) is 4.99 Å². The van der Waals surface area contributed by atoms with Gasteiger partial charge in [-0.05, 0) is 43.7 Å². The molecule has 2 rings (SSSR count). The van der Waals surface area contributed by atoms with Crippen LogP contribution in [0.4, 0.5) is 0 Å². The highest BCUT2D eigenvalue weighted by Crippen LogP contribution is 2.17. The van der Waals surface area contributed by atoms with Gasteiger partial charge in [0.2, 0.25) is 0 Å². The maximum absolute atomic E-state index is 5.57. The Balaban J connectivity index is 0.00000288. The molecule has 1 N–H and O–H groups in total. The van der Waals surface area contributed by atoms with E-state index in [-0.39, 0.29) is 24.0 Å². The summed E-state index contributed by atoms with van der Waals surface area (Å²) in [5.74, 6) is 1.88. The fourth-order valence-corrected chi connectivity index (χ4v) is 2.87. The average Bonchev–Trinajstić information content (AvgIpc) is 2.58. The Kier molecular flexibility index (Phi) is 10.3. The van der Waals surface area contributed by atoms with Crippen molar-refractivity contribution in [2.24, 2.45) is 10.9 Å². The van der Waals surface area contributed by atoms with Crippen LogP contribution in [-0.2, 0) is 17.9 Å². The zero-order valence-corrected chi connectivity index (χ0v) is 17.6. The van der Waals surface area contributed by atoms with Gasteiger partial charge in [0.05, 0.1) is 13.2 Å². The highest BCUT2D eigenvalue weighted by atomic mass is 127. The number of nitrogens with one attached hydrogen (secondary N) is 1. The number of ether oxygens (including phenoxy) is 1. The molecule has 4 nitrogen and oxygen atoms in total. The van der Waals surface area contributed by atoms with Crippen LogP contribution in [0.15, 0.2) is 29.3 Å². The van der Waals surface area contributed by atoms with E-state index in [0.717, 1.165) is 38.1 Å². The van der Waals surface area contributed by atoms with Gasteiger partial charge in [0.25, 0.3) is 0 Å². The number of aliphatic imine (C=N–C) groups is 1. The average molecular weight is 445 g/mol. The Bertz CT molecular complexity index is 499. The molecule has 1 aliphatic heterocycles. The first-order valence-electron chi connectivity index (χ1n) is 8.92. The molecule has 1 aliphatic rings. The number of rotatable bonds is 6. The molecule has 0 atom stereocenters. The zero-order valence-electron chi connectivity index (χ0n) is 15.3. The lowest BCUT2D eigenvalue weighted by Crippen LogP contribution is -2.45. The predicted octanol–water partition coefficient (Wildman–Crippen LogP) is 4.04. The zero-order chi connectivity index (χ0) is 16.5. The molecular weight excluding hydrogens is 413 g/mol. The normalized spacial score (nSPS) is 16.0. The molecule has 0 amide bonds. The van der Waals surface area contributed by atoms with Gasteiger partial charge >= 0.3 is 0 Å². The summed E-state index contributed by atoms with van der Waals surface area (Å²) in [6, 6.07) is 8.43. The topological polar surface area (TPSA) is 36.9 Å². The summed E-state index contributed by atoms with van der Waals surface area (Å²) >= 11 is 0. The predicted molar refractivity (Wildman–Crippen MR) is 112 cm³/mol. The lowest BCUT2D eigenvalue weighted by molar-refractivity contribution is 0.133. The monoisotopic (exact) mass is 445 g/mol. The molecule has 0 radical (unpaired) electrons. The number of nitrogens with zero attached hydrogens (tertiary/aromatic N) is 2. The maximum Gasteiger partial charge on any atom is 0.194 e. The summed E-state index contributed by atoms with van der Waals surface area (Å²) in [7, 11) is 0. The molecule has 0 unspecified atom stereocenters. The minimum Gasteiger partial charge on any atom is -0.377 e. The third kappa shape index (κ3) is 6.59. The minimum absolute atomic E-state index is 0. The number of piperidine rings is 1. The van der Waals surface area contributed by atoms with E-state index >= 15 is 0 Å². The first-order chi connectivity index (χ1) is 11.2. The molecular formula is C19H32IN3O. The Morgan fingerprint density at radius 2 is 1.88 bits per heavy atom. The van der Waals surface area contributed by atoms with E-state index in [0.29, 0.717) is 13.2 Å². The molecule has 0 aliphatic carbocycles. The minimum atomic E-state index is 0. The Labute approximate surface area is 164 Å². The van der Waals surface area contributed by atoms with Gasteiger partial charge in [0.1, 0.15) is 0 Å². The molecule has 1 saturated heterocycles. The summed E-state index contributed by atoms with van der Waals surface area (Å²) in [5.41, 5.74) is 2.49. The van der Waals surface area contributed by atoms with Crippen LogP contribution in [0, 0.1) is 5.92 Å². The fraction of sp³-hybridized carbons (Fsp3) is 0.632. The molecule has 136 valence electrons. The number of hydrogen-bond acceptors (Lipinski definition) is 2. The summed E-state index contributed by atoms with van der Waals surface area (Å²) < 4.78 is 5.57. The van der Waals surface area contributed by atoms with Crippen molar-refractivity contribution in [3.63, 3.8) is 0 Å². The van der Waals surface area contributed by atoms with E-state index in [1.54, 1.807) is 0 Å². The summed E-state index contributed by atoms with van der Waals surface area (Å²) in [4.78, 5) is 7.27. The van der Waals surface area contributed by atoms with Gasteiger partial charge < -0.3 is 15.0 Å². The van der Waals surface area contributed by atoms with Crippen LogP contribution in [0.3, 0.4) is 0 Å². The lowest BCUT2D eigenvalue weighted by Gasteiger charge is -2.33. The SMILES string of the molecule is CCNC(=NCc1ccccc1COCC)N1CCC(C)CC1.I. The van der Waals surface area contributed by atoms with Crippen molar-refractivity contribution in [1.82, 2.24) is 10.2 Å². The first-order valence-corrected chi connectivity index (χ1v) is 8.92. The second-order valence-corrected chi connectivity index (χ2v) is 6.25. The molecule has 1 heterocycles. The lowest BCUT2D eigenvalue weighted by atomic mass is 9.99. The molecule has 0 aromatic heterocycles. The molecule has 5 heteroatoms. The van der Waals surface area contributed by atoms with Gasteiger partial charge in [0.15, 0.2) is 5.96 Å². The van der Waals surface area contributed by atoms with E-state index in [2.05, 4.69) is 48.3 Å². The van der Waals surface area contributed by atoms with Gasteiger partial charge in [-0.3, -0.25) is 0 Å². The second-order valence-electron chi connectivity index (χ2n) is 6.25. The van der Waals surface area contributed by atoms with Gasteiger partial charge in [-0.1, -0.05) is 31.2 Å². The largest absolute Gasteiger partial charge is 0.377 e.